The topological polar surface area (TPSA) is 73.6 Å². The van der Waals surface area contributed by atoms with E-state index in [9.17, 15) is 10.1 Å². The van der Waals surface area contributed by atoms with E-state index in [1.807, 2.05) is 0 Å². The molecule has 1 N–H and O–H groups in total. The molecule has 6 nitrogen and oxygen atoms in total. The van der Waals surface area contributed by atoms with Gasteiger partial charge < -0.3 is 14.8 Å². The fraction of sp³-hybridized carbons (Fsp3) is 0.500. The molecule has 0 aliphatic carbocycles. The quantitative estimate of drug-likeness (QED) is 0.638. The van der Waals surface area contributed by atoms with E-state index in [0.29, 0.717) is 18.4 Å². The van der Waals surface area contributed by atoms with E-state index in [1.165, 1.54) is 13.2 Å². The average Bonchev–Trinajstić information content (AvgIpc) is 2.88. The molecule has 0 amide bonds. The summed E-state index contributed by atoms with van der Waals surface area (Å²) in [5.74, 6) is 0.808. The molecule has 18 heavy (non-hydrogen) atoms. The molecule has 98 valence electrons. The van der Waals surface area contributed by atoms with Crippen molar-refractivity contribution in [2.75, 3.05) is 20.3 Å². The normalized spacial score (nSPS) is 18.6. The number of nitrogens with zero attached hydrogens (tertiary/aromatic N) is 1. The van der Waals surface area contributed by atoms with Crippen LogP contribution in [0.15, 0.2) is 18.2 Å². The van der Waals surface area contributed by atoms with E-state index in [4.69, 9.17) is 9.47 Å². The van der Waals surface area contributed by atoms with E-state index in [1.54, 1.807) is 12.1 Å². The van der Waals surface area contributed by atoms with Gasteiger partial charge in [-0.05, 0) is 25.5 Å². The van der Waals surface area contributed by atoms with Crippen molar-refractivity contribution in [3.05, 3.63) is 28.3 Å². The second-order valence-corrected chi connectivity index (χ2v) is 4.20. The number of ether oxygens (including phenoxy) is 2. The van der Waals surface area contributed by atoms with Crippen molar-refractivity contribution in [2.45, 2.75) is 18.9 Å². The SMILES string of the molecule is COc1cc(OCC2CCCN2)ccc1[N+](=O)[O-]. The standard InChI is InChI=1S/C12H16N2O4/c1-17-12-7-10(4-5-11(12)14(15)16)18-8-9-3-2-6-13-9/h4-5,7,9,13H,2-3,6,8H2,1H3. The van der Waals surface area contributed by atoms with Crippen LogP contribution in [0.25, 0.3) is 0 Å². The molecule has 6 heteroatoms. The van der Waals surface area contributed by atoms with E-state index < -0.39 is 4.92 Å². The van der Waals surface area contributed by atoms with Gasteiger partial charge in [0.05, 0.1) is 12.0 Å². The summed E-state index contributed by atoms with van der Waals surface area (Å²) in [4.78, 5) is 10.3. The summed E-state index contributed by atoms with van der Waals surface area (Å²) in [7, 11) is 1.41. The van der Waals surface area contributed by atoms with Crippen molar-refractivity contribution in [2.24, 2.45) is 0 Å². The molecule has 1 aliphatic rings. The largest absolute Gasteiger partial charge is 0.492 e. The maximum atomic E-state index is 10.7. The first kappa shape index (κ1) is 12.6. The van der Waals surface area contributed by atoms with Crippen molar-refractivity contribution in [1.82, 2.24) is 5.32 Å². The number of nitrogens with one attached hydrogen (secondary N) is 1. The van der Waals surface area contributed by atoms with Crippen LogP contribution in [0.1, 0.15) is 12.8 Å². The van der Waals surface area contributed by atoms with Crippen molar-refractivity contribution in [1.29, 1.82) is 0 Å². The Labute approximate surface area is 105 Å². The third kappa shape index (κ3) is 2.89. The Morgan fingerprint density at radius 2 is 2.39 bits per heavy atom. The zero-order valence-corrected chi connectivity index (χ0v) is 10.2. The number of nitro groups is 1. The minimum absolute atomic E-state index is 0.0520. The fourth-order valence-electron chi connectivity index (χ4n) is 1.99. The van der Waals surface area contributed by atoms with Gasteiger partial charge in [-0.2, -0.15) is 0 Å². The highest BCUT2D eigenvalue weighted by molar-refractivity contribution is 5.50. The van der Waals surface area contributed by atoms with Crippen LogP contribution in [0.4, 0.5) is 5.69 Å². The zero-order valence-electron chi connectivity index (χ0n) is 10.2. The number of benzene rings is 1. The number of nitro benzene ring substituents is 1. The Balaban J connectivity index is 2.02. The van der Waals surface area contributed by atoms with Crippen LogP contribution in [0.5, 0.6) is 11.5 Å². The number of hydrogen-bond acceptors (Lipinski definition) is 5. The maximum Gasteiger partial charge on any atom is 0.311 e. The van der Waals surface area contributed by atoms with E-state index in [-0.39, 0.29) is 11.4 Å². The van der Waals surface area contributed by atoms with Crippen molar-refractivity contribution < 1.29 is 14.4 Å². The van der Waals surface area contributed by atoms with Gasteiger partial charge in [0, 0.05) is 18.2 Å². The number of rotatable bonds is 5. The molecule has 0 radical (unpaired) electrons. The number of hydrogen-bond donors (Lipinski definition) is 1. The minimum atomic E-state index is -0.471. The third-order valence-electron chi connectivity index (χ3n) is 2.96. The Morgan fingerprint density at radius 3 is 3.00 bits per heavy atom. The van der Waals surface area contributed by atoms with Crippen LogP contribution in [0.3, 0.4) is 0 Å². The van der Waals surface area contributed by atoms with Gasteiger partial charge in [-0.25, -0.2) is 0 Å². The van der Waals surface area contributed by atoms with Crippen LogP contribution < -0.4 is 14.8 Å². The lowest BCUT2D eigenvalue weighted by molar-refractivity contribution is -0.385. The first-order valence-corrected chi connectivity index (χ1v) is 5.89. The predicted molar refractivity (Wildman–Crippen MR) is 66.2 cm³/mol. The van der Waals surface area contributed by atoms with Crippen LogP contribution in [-0.2, 0) is 0 Å². The highest BCUT2D eigenvalue weighted by Gasteiger charge is 2.17. The van der Waals surface area contributed by atoms with Gasteiger partial charge in [0.15, 0.2) is 0 Å². The number of methoxy groups -OCH3 is 1. The van der Waals surface area contributed by atoms with Gasteiger partial charge in [0.2, 0.25) is 5.75 Å². The highest BCUT2D eigenvalue weighted by atomic mass is 16.6. The Morgan fingerprint density at radius 1 is 1.56 bits per heavy atom. The lowest BCUT2D eigenvalue weighted by Gasteiger charge is -2.12. The molecule has 1 aromatic carbocycles. The van der Waals surface area contributed by atoms with Crippen molar-refractivity contribution in [3.8, 4) is 11.5 Å². The van der Waals surface area contributed by atoms with Crippen molar-refractivity contribution in [3.63, 3.8) is 0 Å². The first-order chi connectivity index (χ1) is 8.70. The van der Waals surface area contributed by atoms with Crippen LogP contribution >= 0.6 is 0 Å². The minimum Gasteiger partial charge on any atom is -0.492 e. The molecular formula is C12H16N2O4. The highest BCUT2D eigenvalue weighted by Crippen LogP contribution is 2.30. The third-order valence-corrected chi connectivity index (χ3v) is 2.96. The molecule has 1 fully saturated rings. The molecule has 1 atom stereocenters. The van der Waals surface area contributed by atoms with Crippen LogP contribution in [0, 0.1) is 10.1 Å². The smallest absolute Gasteiger partial charge is 0.311 e. The van der Waals surface area contributed by atoms with E-state index >= 15 is 0 Å². The summed E-state index contributed by atoms with van der Waals surface area (Å²) in [5, 5.41) is 14.1. The summed E-state index contributed by atoms with van der Waals surface area (Å²) in [6, 6.07) is 4.91. The molecule has 0 aromatic heterocycles. The maximum absolute atomic E-state index is 10.7. The van der Waals surface area contributed by atoms with Crippen LogP contribution in [-0.4, -0.2) is 31.2 Å². The van der Waals surface area contributed by atoms with E-state index in [2.05, 4.69) is 5.32 Å². The summed E-state index contributed by atoms with van der Waals surface area (Å²) < 4.78 is 10.6. The zero-order chi connectivity index (χ0) is 13.0. The predicted octanol–water partition coefficient (Wildman–Crippen LogP) is 1.73. The molecule has 1 unspecified atom stereocenters. The second-order valence-electron chi connectivity index (χ2n) is 4.20. The molecule has 1 heterocycles. The Hall–Kier alpha value is -1.82. The molecule has 0 saturated carbocycles. The van der Waals surface area contributed by atoms with Gasteiger partial charge in [-0.1, -0.05) is 0 Å². The molecule has 0 bridgehead atoms. The summed E-state index contributed by atoms with van der Waals surface area (Å²) in [6.45, 7) is 1.60. The van der Waals surface area contributed by atoms with Gasteiger partial charge in [0.25, 0.3) is 0 Å². The molecule has 1 aliphatic heterocycles. The lowest BCUT2D eigenvalue weighted by atomic mass is 10.2. The lowest BCUT2D eigenvalue weighted by Crippen LogP contribution is -2.28. The Bertz CT molecular complexity index is 430. The van der Waals surface area contributed by atoms with Gasteiger partial charge in [-0.3, -0.25) is 10.1 Å². The summed E-state index contributed by atoms with van der Waals surface area (Å²) in [5.41, 5.74) is -0.0520. The summed E-state index contributed by atoms with van der Waals surface area (Å²) in [6.07, 6.45) is 2.27. The van der Waals surface area contributed by atoms with Crippen molar-refractivity contribution >= 4 is 5.69 Å². The van der Waals surface area contributed by atoms with Gasteiger partial charge in [-0.15, -0.1) is 0 Å². The van der Waals surface area contributed by atoms with Crippen LogP contribution in [0.2, 0.25) is 0 Å². The molecular weight excluding hydrogens is 236 g/mol. The molecule has 0 spiro atoms. The Kier molecular flexibility index (Phi) is 3.99. The molecule has 2 rings (SSSR count). The first-order valence-electron chi connectivity index (χ1n) is 5.89. The monoisotopic (exact) mass is 252 g/mol. The van der Waals surface area contributed by atoms with Gasteiger partial charge >= 0.3 is 5.69 Å². The van der Waals surface area contributed by atoms with E-state index in [0.717, 1.165) is 19.4 Å². The van der Waals surface area contributed by atoms with Gasteiger partial charge in [0.1, 0.15) is 12.4 Å². The fourth-order valence-corrected chi connectivity index (χ4v) is 1.99. The molecule has 1 saturated heterocycles. The molecule has 1 aromatic rings. The summed E-state index contributed by atoms with van der Waals surface area (Å²) >= 11 is 0. The second kappa shape index (κ2) is 5.68. The average molecular weight is 252 g/mol.